The number of aliphatic hydroxyl groups is 1. The third kappa shape index (κ3) is 2.01. The molecule has 1 fully saturated rings. The van der Waals surface area contributed by atoms with E-state index in [0.717, 1.165) is 12.3 Å². The first kappa shape index (κ1) is 11.3. The fourth-order valence-corrected chi connectivity index (χ4v) is 2.90. The first-order chi connectivity index (χ1) is 7.49. The number of pyridine rings is 1. The molecule has 3 N–H and O–H groups in total. The molecule has 7 heteroatoms. The van der Waals surface area contributed by atoms with Crippen molar-refractivity contribution in [1.82, 2.24) is 9.71 Å². The lowest BCUT2D eigenvalue weighted by molar-refractivity contribution is 0.246. The van der Waals surface area contributed by atoms with Crippen LogP contribution in [0.2, 0.25) is 0 Å². The van der Waals surface area contributed by atoms with E-state index >= 15 is 0 Å². The summed E-state index contributed by atoms with van der Waals surface area (Å²) in [5.74, 6) is 0. The smallest absolute Gasteiger partial charge is 0.246 e. The van der Waals surface area contributed by atoms with Gasteiger partial charge >= 0.3 is 0 Å². The van der Waals surface area contributed by atoms with Crippen molar-refractivity contribution in [2.75, 3.05) is 6.61 Å². The van der Waals surface area contributed by atoms with Crippen molar-refractivity contribution in [1.29, 1.82) is 0 Å². The molecule has 1 saturated carbocycles. The zero-order valence-corrected chi connectivity index (χ0v) is 9.25. The van der Waals surface area contributed by atoms with E-state index < -0.39 is 21.0 Å². The first-order valence-electron chi connectivity index (χ1n) is 4.81. The molecule has 0 aliphatic heterocycles. The summed E-state index contributed by atoms with van der Waals surface area (Å²) in [5, 5.41) is 9.02. The SMILES string of the molecule is O=c1cc[nH]cc1S(=O)(=O)NC1(CO)CC1. The maximum Gasteiger partial charge on any atom is 0.246 e. The summed E-state index contributed by atoms with van der Waals surface area (Å²) in [5.41, 5.74) is -1.33. The first-order valence-corrected chi connectivity index (χ1v) is 6.29. The predicted octanol–water partition coefficient (Wildman–Crippen LogP) is -0.822. The van der Waals surface area contributed by atoms with Crippen LogP contribution in [0.4, 0.5) is 0 Å². The van der Waals surface area contributed by atoms with Gasteiger partial charge in [0.25, 0.3) is 0 Å². The summed E-state index contributed by atoms with van der Waals surface area (Å²) in [7, 11) is -3.85. The van der Waals surface area contributed by atoms with E-state index in [1.54, 1.807) is 0 Å². The highest BCUT2D eigenvalue weighted by molar-refractivity contribution is 7.89. The topological polar surface area (TPSA) is 99.3 Å². The van der Waals surface area contributed by atoms with Crippen molar-refractivity contribution in [2.24, 2.45) is 0 Å². The number of nitrogens with one attached hydrogen (secondary N) is 2. The Balaban J connectivity index is 2.34. The summed E-state index contributed by atoms with van der Waals surface area (Å²) in [6, 6.07) is 1.15. The molecule has 2 rings (SSSR count). The van der Waals surface area contributed by atoms with Crippen molar-refractivity contribution >= 4 is 10.0 Å². The minimum absolute atomic E-state index is 0.253. The van der Waals surface area contributed by atoms with Gasteiger partial charge in [-0.25, -0.2) is 13.1 Å². The van der Waals surface area contributed by atoms with Crippen LogP contribution in [0.5, 0.6) is 0 Å². The Morgan fingerprint density at radius 2 is 2.19 bits per heavy atom. The lowest BCUT2D eigenvalue weighted by Crippen LogP contribution is -2.41. The minimum Gasteiger partial charge on any atom is -0.394 e. The van der Waals surface area contributed by atoms with Gasteiger partial charge in [0.05, 0.1) is 12.1 Å². The molecule has 1 aliphatic carbocycles. The van der Waals surface area contributed by atoms with E-state index in [0.29, 0.717) is 12.8 Å². The van der Waals surface area contributed by atoms with Gasteiger partial charge in [0.1, 0.15) is 4.90 Å². The largest absolute Gasteiger partial charge is 0.394 e. The number of hydrogen-bond acceptors (Lipinski definition) is 4. The minimum atomic E-state index is -3.85. The number of sulfonamides is 1. The molecule has 16 heavy (non-hydrogen) atoms. The molecule has 88 valence electrons. The Bertz CT molecular complexity index is 545. The Hall–Kier alpha value is -1.18. The molecule has 0 radical (unpaired) electrons. The fourth-order valence-electron chi connectivity index (χ4n) is 1.39. The molecule has 1 aromatic heterocycles. The average molecular weight is 244 g/mol. The summed E-state index contributed by atoms with van der Waals surface area (Å²) in [4.78, 5) is 13.6. The molecule has 0 saturated heterocycles. The average Bonchev–Trinajstić information content (AvgIpc) is 2.98. The summed E-state index contributed by atoms with van der Waals surface area (Å²) in [6.07, 6.45) is 3.68. The molecule has 0 spiro atoms. The Kier molecular flexibility index (Phi) is 2.61. The summed E-state index contributed by atoms with van der Waals surface area (Å²) >= 11 is 0. The van der Waals surface area contributed by atoms with Crippen LogP contribution in [-0.4, -0.2) is 30.7 Å². The number of rotatable bonds is 4. The number of hydrogen-bond donors (Lipinski definition) is 3. The molecular weight excluding hydrogens is 232 g/mol. The van der Waals surface area contributed by atoms with Crippen molar-refractivity contribution in [3.63, 3.8) is 0 Å². The predicted molar refractivity (Wildman–Crippen MR) is 56.4 cm³/mol. The zero-order valence-electron chi connectivity index (χ0n) is 8.43. The fraction of sp³-hybridized carbons (Fsp3) is 0.444. The van der Waals surface area contributed by atoms with E-state index in [1.165, 1.54) is 6.20 Å². The molecule has 0 aromatic carbocycles. The number of aliphatic hydroxyl groups excluding tert-OH is 1. The number of H-pyrrole nitrogens is 1. The van der Waals surface area contributed by atoms with Gasteiger partial charge in [0, 0.05) is 18.5 Å². The van der Waals surface area contributed by atoms with Gasteiger partial charge in [-0.3, -0.25) is 4.79 Å². The van der Waals surface area contributed by atoms with Gasteiger partial charge in [-0.1, -0.05) is 0 Å². The highest BCUT2D eigenvalue weighted by atomic mass is 32.2. The molecule has 0 amide bonds. The van der Waals surface area contributed by atoms with Crippen molar-refractivity contribution in [3.05, 3.63) is 28.7 Å². The van der Waals surface area contributed by atoms with E-state index in [4.69, 9.17) is 5.11 Å². The lowest BCUT2D eigenvalue weighted by Gasteiger charge is -2.13. The molecule has 1 aliphatic rings. The molecule has 6 nitrogen and oxygen atoms in total. The normalized spacial score (nSPS) is 18.3. The maximum atomic E-state index is 11.8. The zero-order chi connectivity index (χ0) is 11.8. The number of aromatic amines is 1. The van der Waals surface area contributed by atoms with Crippen molar-refractivity contribution < 1.29 is 13.5 Å². The van der Waals surface area contributed by atoms with Crippen LogP contribution in [0.3, 0.4) is 0 Å². The molecule has 0 unspecified atom stereocenters. The Morgan fingerprint density at radius 3 is 2.69 bits per heavy atom. The van der Waals surface area contributed by atoms with Crippen LogP contribution in [0, 0.1) is 0 Å². The second-order valence-electron chi connectivity index (χ2n) is 3.92. The molecular formula is C9H12N2O4S. The van der Waals surface area contributed by atoms with E-state index in [9.17, 15) is 13.2 Å². The van der Waals surface area contributed by atoms with Gasteiger partial charge in [-0.05, 0) is 12.8 Å². The monoisotopic (exact) mass is 244 g/mol. The van der Waals surface area contributed by atoms with Crippen LogP contribution in [0.1, 0.15) is 12.8 Å². The van der Waals surface area contributed by atoms with Crippen LogP contribution in [-0.2, 0) is 10.0 Å². The summed E-state index contributed by atoms with van der Waals surface area (Å²) < 4.78 is 26.0. The third-order valence-electron chi connectivity index (χ3n) is 2.58. The van der Waals surface area contributed by atoms with Crippen LogP contribution >= 0.6 is 0 Å². The quantitative estimate of drug-likeness (QED) is 0.644. The van der Waals surface area contributed by atoms with E-state index in [-0.39, 0.29) is 11.5 Å². The standard InChI is InChI=1S/C9H12N2O4S/c12-6-9(2-3-9)11-16(14,15)8-5-10-4-1-7(8)13/h1,4-5,11-12H,2-3,6H2,(H,10,13). The molecule has 0 bridgehead atoms. The Morgan fingerprint density at radius 1 is 1.50 bits per heavy atom. The maximum absolute atomic E-state index is 11.8. The number of aromatic nitrogens is 1. The van der Waals surface area contributed by atoms with Crippen LogP contribution < -0.4 is 10.2 Å². The van der Waals surface area contributed by atoms with Crippen molar-refractivity contribution in [2.45, 2.75) is 23.3 Å². The van der Waals surface area contributed by atoms with Crippen molar-refractivity contribution in [3.8, 4) is 0 Å². The highest BCUT2D eigenvalue weighted by Gasteiger charge is 2.45. The highest BCUT2D eigenvalue weighted by Crippen LogP contribution is 2.35. The second kappa shape index (κ2) is 3.69. The second-order valence-corrected chi connectivity index (χ2v) is 5.57. The van der Waals surface area contributed by atoms with Crippen LogP contribution in [0.15, 0.2) is 28.2 Å². The van der Waals surface area contributed by atoms with Gasteiger partial charge < -0.3 is 10.1 Å². The van der Waals surface area contributed by atoms with Gasteiger partial charge in [0.15, 0.2) is 0 Å². The third-order valence-corrected chi connectivity index (χ3v) is 4.18. The molecule has 1 heterocycles. The summed E-state index contributed by atoms with van der Waals surface area (Å²) in [6.45, 7) is -0.253. The van der Waals surface area contributed by atoms with Gasteiger partial charge in [-0.15, -0.1) is 0 Å². The lowest BCUT2D eigenvalue weighted by atomic mass is 10.3. The molecule has 0 atom stereocenters. The molecule has 1 aromatic rings. The van der Waals surface area contributed by atoms with Gasteiger partial charge in [0.2, 0.25) is 15.5 Å². The van der Waals surface area contributed by atoms with Crippen LogP contribution in [0.25, 0.3) is 0 Å². The van der Waals surface area contributed by atoms with E-state index in [2.05, 4.69) is 9.71 Å². The van der Waals surface area contributed by atoms with Gasteiger partial charge in [-0.2, -0.15) is 0 Å². The Labute approximate surface area is 92.4 Å². The van der Waals surface area contributed by atoms with E-state index in [1.807, 2.05) is 0 Å².